The molecule has 6 nitrogen and oxygen atoms in total. The topological polar surface area (TPSA) is 67.9 Å². The van der Waals surface area contributed by atoms with Crippen molar-refractivity contribution >= 4 is 10.0 Å². The molecule has 1 aromatic carbocycles. The summed E-state index contributed by atoms with van der Waals surface area (Å²) in [5.74, 6) is 0. The third-order valence-electron chi connectivity index (χ3n) is 5.36. The van der Waals surface area contributed by atoms with Gasteiger partial charge in [-0.25, -0.2) is 13.1 Å². The van der Waals surface area contributed by atoms with Crippen LogP contribution >= 0.6 is 0 Å². The summed E-state index contributed by atoms with van der Waals surface area (Å²) in [6, 6.07) is 11.0. The molecule has 2 aliphatic rings. The van der Waals surface area contributed by atoms with Gasteiger partial charge in [-0.1, -0.05) is 0 Å². The first-order chi connectivity index (χ1) is 13.0. The fourth-order valence-corrected chi connectivity index (χ4v) is 4.81. The molecule has 0 aromatic heterocycles. The van der Waals surface area contributed by atoms with Crippen LogP contribution in [0.2, 0.25) is 0 Å². The second-order valence-corrected chi connectivity index (χ2v) is 9.19. The summed E-state index contributed by atoms with van der Waals surface area (Å²) in [4.78, 5) is 2.21. The van der Waals surface area contributed by atoms with Crippen LogP contribution in [0, 0.1) is 13.0 Å². The van der Waals surface area contributed by atoms with Crippen molar-refractivity contribution < 1.29 is 50.6 Å². The van der Waals surface area contributed by atoms with Gasteiger partial charge < -0.3 is 21.3 Å². The SMILES string of the molecule is [CH2-]CN1CCC[C@H](NS(C)(=O)=O)C1CO[C@@H]1CC[C@H](c2[c-]cccc2)OC1.[Y]. The van der Waals surface area contributed by atoms with Crippen LogP contribution in [0.25, 0.3) is 0 Å². The Kier molecular flexibility index (Phi) is 10.0. The van der Waals surface area contributed by atoms with Crippen LogP contribution in [0.1, 0.15) is 37.4 Å². The Morgan fingerprint density at radius 2 is 2.18 bits per heavy atom. The zero-order valence-electron chi connectivity index (χ0n) is 16.5. The summed E-state index contributed by atoms with van der Waals surface area (Å²) in [7, 11) is -3.25. The number of likely N-dealkylation sites (tertiary alicyclic amines) is 1. The molecule has 1 N–H and O–H groups in total. The van der Waals surface area contributed by atoms with Crippen LogP contribution in [0.5, 0.6) is 0 Å². The van der Waals surface area contributed by atoms with Crippen LogP contribution in [-0.4, -0.2) is 64.1 Å². The van der Waals surface area contributed by atoms with Crippen molar-refractivity contribution in [3.8, 4) is 0 Å². The summed E-state index contributed by atoms with van der Waals surface area (Å²) in [6.45, 7) is 6.59. The summed E-state index contributed by atoms with van der Waals surface area (Å²) >= 11 is 0. The first kappa shape index (κ1) is 24.4. The average molecular weight is 483 g/mol. The minimum Gasteiger partial charge on any atom is -0.374 e. The molecule has 1 radical (unpaired) electrons. The number of benzene rings is 1. The Balaban J connectivity index is 0.00000280. The Bertz CT molecular complexity index is 681. The van der Waals surface area contributed by atoms with E-state index in [1.54, 1.807) is 0 Å². The predicted octanol–water partition coefficient (Wildman–Crippen LogP) is 1.94. The molecule has 3 rings (SSSR count). The van der Waals surface area contributed by atoms with Gasteiger partial charge in [0.15, 0.2) is 0 Å². The normalized spacial score (nSPS) is 29.2. The zero-order chi connectivity index (χ0) is 19.3. The number of hydrogen-bond acceptors (Lipinski definition) is 5. The van der Waals surface area contributed by atoms with E-state index in [1.807, 2.05) is 24.3 Å². The van der Waals surface area contributed by atoms with Gasteiger partial charge in [0.05, 0.1) is 31.7 Å². The van der Waals surface area contributed by atoms with E-state index in [4.69, 9.17) is 9.47 Å². The summed E-state index contributed by atoms with van der Waals surface area (Å²) < 4.78 is 38.3. The van der Waals surface area contributed by atoms with Gasteiger partial charge in [0.25, 0.3) is 0 Å². The van der Waals surface area contributed by atoms with Crippen molar-refractivity contribution in [2.45, 2.75) is 50.0 Å². The zero-order valence-corrected chi connectivity index (χ0v) is 20.2. The number of nitrogens with zero attached hydrogens (tertiary/aromatic N) is 1. The molecule has 0 aliphatic carbocycles. The molecule has 2 heterocycles. The van der Waals surface area contributed by atoms with Crippen LogP contribution in [0.15, 0.2) is 24.3 Å². The van der Waals surface area contributed by atoms with E-state index in [1.165, 1.54) is 6.26 Å². The molecule has 28 heavy (non-hydrogen) atoms. The monoisotopic (exact) mass is 483 g/mol. The van der Waals surface area contributed by atoms with Gasteiger partial charge in [-0.05, 0) is 32.2 Å². The minimum absolute atomic E-state index is 0. The van der Waals surface area contributed by atoms with E-state index >= 15 is 0 Å². The van der Waals surface area contributed by atoms with Crippen molar-refractivity contribution in [3.05, 3.63) is 42.8 Å². The van der Waals surface area contributed by atoms with E-state index in [-0.39, 0.29) is 57.0 Å². The molecule has 0 saturated carbocycles. The molecule has 0 amide bonds. The van der Waals surface area contributed by atoms with Gasteiger partial charge in [0.2, 0.25) is 10.0 Å². The summed E-state index contributed by atoms with van der Waals surface area (Å²) in [5, 5.41) is 0. The van der Waals surface area contributed by atoms with Gasteiger partial charge in [0, 0.05) is 44.8 Å². The molecule has 2 aliphatic heterocycles. The maximum Gasteiger partial charge on any atom is 0.209 e. The quantitative estimate of drug-likeness (QED) is 0.601. The molecule has 155 valence electrons. The van der Waals surface area contributed by atoms with Crippen LogP contribution in [0.4, 0.5) is 0 Å². The summed E-state index contributed by atoms with van der Waals surface area (Å²) in [6.07, 6.45) is 4.94. The van der Waals surface area contributed by atoms with Crippen LogP contribution in [-0.2, 0) is 52.2 Å². The molecular formula is C20H30N2O4SY-2. The van der Waals surface area contributed by atoms with Gasteiger partial charge in [-0.2, -0.15) is 30.3 Å². The van der Waals surface area contributed by atoms with E-state index in [2.05, 4.69) is 22.6 Å². The number of nitrogens with one attached hydrogen (secondary N) is 1. The molecule has 2 saturated heterocycles. The minimum atomic E-state index is -3.25. The van der Waals surface area contributed by atoms with E-state index in [0.29, 0.717) is 19.8 Å². The molecule has 8 heteroatoms. The van der Waals surface area contributed by atoms with Crippen molar-refractivity contribution in [2.75, 3.05) is 32.6 Å². The molecule has 0 bridgehead atoms. The Morgan fingerprint density at radius 1 is 1.36 bits per heavy atom. The van der Waals surface area contributed by atoms with Gasteiger partial charge in [-0.15, -0.1) is 12.1 Å². The van der Waals surface area contributed by atoms with Gasteiger partial charge >= 0.3 is 0 Å². The number of ether oxygens (including phenoxy) is 2. The predicted molar refractivity (Wildman–Crippen MR) is 105 cm³/mol. The molecule has 1 unspecified atom stereocenters. The number of hydrogen-bond donors (Lipinski definition) is 1. The molecule has 4 atom stereocenters. The Hall–Kier alpha value is 0.114. The largest absolute Gasteiger partial charge is 0.374 e. The molecular weight excluding hydrogens is 453 g/mol. The second kappa shape index (κ2) is 11.5. The second-order valence-electron chi connectivity index (χ2n) is 7.41. The fraction of sp³-hybridized carbons (Fsp3) is 0.650. The third-order valence-corrected chi connectivity index (χ3v) is 6.09. The molecule has 1 aromatic rings. The maximum atomic E-state index is 11.7. The average Bonchev–Trinajstić information content (AvgIpc) is 2.66. The number of sulfonamides is 1. The standard InChI is InChI=1S/C20H30N2O4S.Y/c1-3-22-13-7-10-18(21-27(2,23)24)19(22)15-25-17-11-12-20(26-14-17)16-8-5-4-6-9-16;/h4-6,8,17-21H,1,3,7,10-15H2,2H3;/q-2;/t17-,18+,19?,20-;/m1./s1. The van der Waals surface area contributed by atoms with E-state index in [9.17, 15) is 8.42 Å². The first-order valence-corrected chi connectivity index (χ1v) is 11.6. The first-order valence-electron chi connectivity index (χ1n) is 9.66. The van der Waals surface area contributed by atoms with Crippen LogP contribution < -0.4 is 4.72 Å². The number of rotatable bonds is 7. The Labute approximate surface area is 194 Å². The van der Waals surface area contributed by atoms with Gasteiger partial charge in [0.1, 0.15) is 0 Å². The third kappa shape index (κ3) is 7.11. The van der Waals surface area contributed by atoms with Crippen molar-refractivity contribution in [1.29, 1.82) is 0 Å². The van der Waals surface area contributed by atoms with Crippen LogP contribution in [0.3, 0.4) is 0 Å². The van der Waals surface area contributed by atoms with Crippen molar-refractivity contribution in [1.82, 2.24) is 9.62 Å². The molecule has 0 spiro atoms. The van der Waals surface area contributed by atoms with E-state index in [0.717, 1.165) is 37.8 Å². The summed E-state index contributed by atoms with van der Waals surface area (Å²) in [5.41, 5.74) is 1.09. The van der Waals surface area contributed by atoms with Crippen molar-refractivity contribution in [3.63, 3.8) is 0 Å². The van der Waals surface area contributed by atoms with Gasteiger partial charge in [-0.3, -0.25) is 0 Å². The smallest absolute Gasteiger partial charge is 0.209 e. The fourth-order valence-electron chi connectivity index (χ4n) is 3.98. The maximum absolute atomic E-state index is 11.7. The Morgan fingerprint density at radius 3 is 2.79 bits per heavy atom. The molecule has 2 fully saturated rings. The van der Waals surface area contributed by atoms with E-state index < -0.39 is 10.0 Å². The van der Waals surface area contributed by atoms with Crippen molar-refractivity contribution in [2.24, 2.45) is 0 Å². The number of piperidine rings is 1.